The summed E-state index contributed by atoms with van der Waals surface area (Å²) in [6, 6.07) is 36.6. The van der Waals surface area contributed by atoms with Crippen LogP contribution in [-0.2, 0) is 0 Å². The summed E-state index contributed by atoms with van der Waals surface area (Å²) in [5.41, 5.74) is 7.20. The maximum Gasteiger partial charge on any atom is 0.0541 e. The van der Waals surface area contributed by atoms with Crippen molar-refractivity contribution in [2.24, 2.45) is 0 Å². The van der Waals surface area contributed by atoms with Crippen molar-refractivity contribution in [2.45, 2.75) is 0 Å². The Bertz CT molecular complexity index is 1510. The van der Waals surface area contributed by atoms with E-state index < -0.39 is 0 Å². The van der Waals surface area contributed by atoms with Crippen LogP contribution in [0, 0.1) is 0 Å². The fraction of sp³-hybridized carbons (Fsp3) is 0. The van der Waals surface area contributed by atoms with Gasteiger partial charge in [-0.05, 0) is 69.9 Å². The Morgan fingerprint density at radius 2 is 1.26 bits per heavy atom. The van der Waals surface area contributed by atoms with Crippen molar-refractivity contribution in [2.75, 3.05) is 0 Å². The van der Waals surface area contributed by atoms with Crippen molar-refractivity contribution in [3.63, 3.8) is 0 Å². The summed E-state index contributed by atoms with van der Waals surface area (Å²) < 4.78 is 2.30. The standard InChI is InChI=1S/C29H20N2/c1-2-11-26(12-3-1)31-20-28(27-18-23-7-4-5-8-24(23)19-29(27)31)25-10-6-9-22(17-25)21-13-15-30-16-14-21/h1-20H. The average Bonchev–Trinajstić information content (AvgIpc) is 3.22. The van der Waals surface area contributed by atoms with Gasteiger partial charge in [0.25, 0.3) is 0 Å². The summed E-state index contributed by atoms with van der Waals surface area (Å²) in [4.78, 5) is 4.15. The summed E-state index contributed by atoms with van der Waals surface area (Å²) in [6.07, 6.45) is 5.95. The lowest BCUT2D eigenvalue weighted by Gasteiger charge is -2.06. The van der Waals surface area contributed by atoms with E-state index in [4.69, 9.17) is 0 Å². The molecule has 0 aliphatic carbocycles. The monoisotopic (exact) mass is 396 g/mol. The van der Waals surface area contributed by atoms with Gasteiger partial charge in [-0.2, -0.15) is 0 Å². The van der Waals surface area contributed by atoms with Crippen LogP contribution in [0.25, 0.3) is 49.6 Å². The van der Waals surface area contributed by atoms with Gasteiger partial charge in [0.15, 0.2) is 0 Å². The third-order valence-corrected chi connectivity index (χ3v) is 5.89. The fourth-order valence-corrected chi connectivity index (χ4v) is 4.35. The first-order valence-corrected chi connectivity index (χ1v) is 10.5. The molecule has 0 saturated heterocycles. The molecule has 2 aromatic heterocycles. The second kappa shape index (κ2) is 7.26. The van der Waals surface area contributed by atoms with Crippen LogP contribution in [0.3, 0.4) is 0 Å². The molecule has 2 nitrogen and oxygen atoms in total. The van der Waals surface area contributed by atoms with E-state index in [1.165, 1.54) is 49.6 Å². The van der Waals surface area contributed by atoms with Gasteiger partial charge in [-0.1, -0.05) is 60.7 Å². The number of para-hydroxylation sites is 1. The van der Waals surface area contributed by atoms with Crippen molar-refractivity contribution in [3.05, 3.63) is 122 Å². The van der Waals surface area contributed by atoms with Gasteiger partial charge in [0.2, 0.25) is 0 Å². The first-order chi connectivity index (χ1) is 15.4. The Kier molecular flexibility index (Phi) is 4.14. The summed E-state index contributed by atoms with van der Waals surface area (Å²) >= 11 is 0. The minimum Gasteiger partial charge on any atom is -0.316 e. The Balaban J connectivity index is 1.63. The van der Waals surface area contributed by atoms with E-state index in [2.05, 4.69) is 119 Å². The second-order valence-electron chi connectivity index (χ2n) is 7.78. The van der Waals surface area contributed by atoms with E-state index >= 15 is 0 Å². The van der Waals surface area contributed by atoms with Crippen LogP contribution in [0.5, 0.6) is 0 Å². The van der Waals surface area contributed by atoms with Crippen molar-refractivity contribution < 1.29 is 0 Å². The van der Waals surface area contributed by atoms with Gasteiger partial charge in [0.1, 0.15) is 0 Å². The van der Waals surface area contributed by atoms with Crippen molar-refractivity contribution >= 4 is 21.7 Å². The third-order valence-electron chi connectivity index (χ3n) is 5.89. The number of nitrogens with zero attached hydrogens (tertiary/aromatic N) is 2. The molecule has 0 unspecified atom stereocenters. The number of fused-ring (bicyclic) bond motifs is 2. The molecule has 0 atom stereocenters. The Morgan fingerprint density at radius 3 is 2.06 bits per heavy atom. The first kappa shape index (κ1) is 17.7. The highest BCUT2D eigenvalue weighted by Gasteiger charge is 2.13. The van der Waals surface area contributed by atoms with Gasteiger partial charge in [0.05, 0.1) is 5.52 Å². The predicted molar refractivity (Wildman–Crippen MR) is 129 cm³/mol. The molecule has 0 amide bonds. The molecule has 2 heteroatoms. The topological polar surface area (TPSA) is 17.8 Å². The Morgan fingerprint density at radius 1 is 0.548 bits per heavy atom. The zero-order chi connectivity index (χ0) is 20.6. The summed E-state index contributed by atoms with van der Waals surface area (Å²) in [5.74, 6) is 0. The van der Waals surface area contributed by atoms with Gasteiger partial charge >= 0.3 is 0 Å². The van der Waals surface area contributed by atoms with Gasteiger partial charge in [-0.3, -0.25) is 4.98 Å². The van der Waals surface area contributed by atoms with Crippen LogP contribution >= 0.6 is 0 Å². The van der Waals surface area contributed by atoms with Crippen LogP contribution in [0.15, 0.2) is 122 Å². The lowest BCUT2D eigenvalue weighted by molar-refractivity contribution is 1.13. The summed E-state index contributed by atoms with van der Waals surface area (Å²) in [6.45, 7) is 0. The van der Waals surface area contributed by atoms with Gasteiger partial charge in [-0.25, -0.2) is 0 Å². The molecule has 6 aromatic rings. The van der Waals surface area contributed by atoms with E-state index in [0.717, 1.165) is 0 Å². The fourth-order valence-electron chi connectivity index (χ4n) is 4.35. The third kappa shape index (κ3) is 3.10. The Hall–Kier alpha value is -4.17. The molecule has 4 aromatic carbocycles. The van der Waals surface area contributed by atoms with Gasteiger partial charge < -0.3 is 4.57 Å². The number of benzene rings is 4. The molecular formula is C29H20N2. The minimum absolute atomic E-state index is 1.17. The normalized spacial score (nSPS) is 11.2. The smallest absolute Gasteiger partial charge is 0.0541 e. The van der Waals surface area contributed by atoms with Crippen LogP contribution < -0.4 is 0 Å². The number of hydrogen-bond donors (Lipinski definition) is 0. The molecule has 0 spiro atoms. The first-order valence-electron chi connectivity index (χ1n) is 10.5. The number of pyridine rings is 1. The van der Waals surface area contributed by atoms with Crippen LogP contribution in [0.2, 0.25) is 0 Å². The summed E-state index contributed by atoms with van der Waals surface area (Å²) in [7, 11) is 0. The molecule has 0 aliphatic heterocycles. The number of hydrogen-bond acceptors (Lipinski definition) is 1. The van der Waals surface area contributed by atoms with Crippen LogP contribution in [0.1, 0.15) is 0 Å². The molecule has 0 bridgehead atoms. The van der Waals surface area contributed by atoms with Crippen LogP contribution in [0.4, 0.5) is 0 Å². The van der Waals surface area contributed by atoms with Crippen molar-refractivity contribution in [1.29, 1.82) is 0 Å². The highest BCUT2D eigenvalue weighted by Crippen LogP contribution is 2.36. The number of aromatic nitrogens is 2. The minimum atomic E-state index is 1.17. The molecular weight excluding hydrogens is 376 g/mol. The number of rotatable bonds is 3. The highest BCUT2D eigenvalue weighted by molar-refractivity contribution is 6.05. The summed E-state index contributed by atoms with van der Waals surface area (Å²) in [5, 5.41) is 3.77. The van der Waals surface area contributed by atoms with Crippen molar-refractivity contribution in [1.82, 2.24) is 9.55 Å². The maximum absolute atomic E-state index is 4.15. The molecule has 31 heavy (non-hydrogen) atoms. The van der Waals surface area contributed by atoms with E-state index in [9.17, 15) is 0 Å². The van der Waals surface area contributed by atoms with Crippen molar-refractivity contribution in [3.8, 4) is 27.9 Å². The van der Waals surface area contributed by atoms with Gasteiger partial charge in [-0.15, -0.1) is 0 Å². The molecule has 2 heterocycles. The molecule has 0 radical (unpaired) electrons. The average molecular weight is 396 g/mol. The Labute approximate surface area is 181 Å². The SMILES string of the molecule is c1ccc(-n2cc(-c3cccc(-c4ccncc4)c3)c3cc4ccccc4cc32)cc1. The highest BCUT2D eigenvalue weighted by atomic mass is 15.0. The zero-order valence-electron chi connectivity index (χ0n) is 16.9. The lowest BCUT2D eigenvalue weighted by Crippen LogP contribution is -1.90. The maximum atomic E-state index is 4.15. The van der Waals surface area contributed by atoms with E-state index in [1.807, 2.05) is 12.4 Å². The molecule has 0 saturated carbocycles. The molecule has 6 rings (SSSR count). The van der Waals surface area contributed by atoms with E-state index in [0.29, 0.717) is 0 Å². The molecule has 0 fully saturated rings. The molecule has 146 valence electrons. The lowest BCUT2D eigenvalue weighted by atomic mass is 9.98. The zero-order valence-corrected chi connectivity index (χ0v) is 16.9. The molecule has 0 aliphatic rings. The second-order valence-corrected chi connectivity index (χ2v) is 7.78. The quantitative estimate of drug-likeness (QED) is 0.303. The van der Waals surface area contributed by atoms with E-state index in [1.54, 1.807) is 0 Å². The molecule has 0 N–H and O–H groups in total. The largest absolute Gasteiger partial charge is 0.316 e. The van der Waals surface area contributed by atoms with Crippen LogP contribution in [-0.4, -0.2) is 9.55 Å². The van der Waals surface area contributed by atoms with E-state index in [-0.39, 0.29) is 0 Å². The predicted octanol–water partition coefficient (Wildman–Crippen LogP) is 7.51. The van der Waals surface area contributed by atoms with Gasteiger partial charge in [0, 0.05) is 35.2 Å².